The Hall–Kier alpha value is -3.02. The lowest BCUT2D eigenvalue weighted by Crippen LogP contribution is -2.44. The predicted molar refractivity (Wildman–Crippen MR) is 108 cm³/mol. The van der Waals surface area contributed by atoms with Crippen LogP contribution in [0.4, 0.5) is 5.69 Å². The number of hydrogen-bond acceptors (Lipinski definition) is 3. The second kappa shape index (κ2) is 8.58. The normalized spacial score (nSPS) is 17.1. The zero-order valence-corrected chi connectivity index (χ0v) is 16.0. The van der Waals surface area contributed by atoms with Crippen LogP contribution < -0.4 is 20.3 Å². The predicted octanol–water partition coefficient (Wildman–Crippen LogP) is 2.47. The van der Waals surface area contributed by atoms with E-state index in [0.717, 1.165) is 22.6 Å². The number of ether oxygens (including phenoxy) is 1. The highest BCUT2D eigenvalue weighted by Crippen LogP contribution is 2.21. The average molecular weight is 366 g/mol. The van der Waals surface area contributed by atoms with E-state index >= 15 is 0 Å². The molecule has 1 heterocycles. The van der Waals surface area contributed by atoms with Crippen LogP contribution in [-0.4, -0.2) is 38.6 Å². The summed E-state index contributed by atoms with van der Waals surface area (Å²) in [4.78, 5) is 18.4. The Morgan fingerprint density at radius 1 is 1.26 bits per heavy atom. The number of amides is 1. The second-order valence-electron chi connectivity index (χ2n) is 6.62. The second-order valence-corrected chi connectivity index (χ2v) is 6.62. The lowest BCUT2D eigenvalue weighted by molar-refractivity contribution is -0.117. The van der Waals surface area contributed by atoms with Crippen LogP contribution in [0.2, 0.25) is 0 Å². The Kier molecular flexibility index (Phi) is 5.96. The molecule has 1 aliphatic rings. The first kappa shape index (κ1) is 18.8. The van der Waals surface area contributed by atoms with E-state index in [-0.39, 0.29) is 11.9 Å². The number of methoxy groups -OCH3 is 1. The summed E-state index contributed by atoms with van der Waals surface area (Å²) in [6.45, 7) is 3.30. The number of nitrogens with zero attached hydrogens (tertiary/aromatic N) is 2. The molecule has 0 saturated carbocycles. The minimum atomic E-state index is 0.0292. The number of hydrogen-bond donors (Lipinski definition) is 2. The first-order chi connectivity index (χ1) is 13.1. The number of carbonyl (C=O) groups is 1. The molecule has 1 fully saturated rings. The van der Waals surface area contributed by atoms with Crippen LogP contribution in [0.3, 0.4) is 0 Å². The summed E-state index contributed by atoms with van der Waals surface area (Å²) in [6.07, 6.45) is 0.456. The van der Waals surface area contributed by atoms with Crippen LogP contribution in [0, 0.1) is 6.92 Å². The van der Waals surface area contributed by atoms with Gasteiger partial charge >= 0.3 is 0 Å². The molecule has 0 radical (unpaired) electrons. The Morgan fingerprint density at radius 2 is 2.04 bits per heavy atom. The molecule has 0 aromatic heterocycles. The third-order valence-electron chi connectivity index (χ3n) is 4.68. The Labute approximate surface area is 160 Å². The molecule has 1 saturated heterocycles. The number of anilines is 1. The van der Waals surface area contributed by atoms with Gasteiger partial charge in [0, 0.05) is 32.2 Å². The largest absolute Gasteiger partial charge is 0.496 e. The number of rotatable bonds is 5. The molecule has 1 aliphatic heterocycles. The quantitative estimate of drug-likeness (QED) is 0.630. The van der Waals surface area contributed by atoms with Gasteiger partial charge in [0.25, 0.3) is 0 Å². The van der Waals surface area contributed by atoms with Crippen molar-refractivity contribution in [3.63, 3.8) is 0 Å². The number of aryl methyl sites for hydroxylation is 1. The Morgan fingerprint density at radius 3 is 2.70 bits per heavy atom. The molecule has 2 aromatic carbocycles. The van der Waals surface area contributed by atoms with Gasteiger partial charge in [-0.1, -0.05) is 30.3 Å². The molecule has 1 atom stereocenters. The third-order valence-corrected chi connectivity index (χ3v) is 4.68. The van der Waals surface area contributed by atoms with Crippen molar-refractivity contribution < 1.29 is 9.53 Å². The van der Waals surface area contributed by atoms with E-state index in [0.29, 0.717) is 25.5 Å². The summed E-state index contributed by atoms with van der Waals surface area (Å²) in [7, 11) is 3.41. The maximum atomic E-state index is 12.3. The van der Waals surface area contributed by atoms with Crippen molar-refractivity contribution in [1.82, 2.24) is 10.6 Å². The van der Waals surface area contributed by atoms with Crippen LogP contribution in [0.15, 0.2) is 53.5 Å². The Balaban J connectivity index is 1.56. The molecule has 6 heteroatoms. The van der Waals surface area contributed by atoms with Gasteiger partial charge in [-0.3, -0.25) is 9.79 Å². The molecular weight excluding hydrogens is 340 g/mol. The fourth-order valence-corrected chi connectivity index (χ4v) is 3.29. The highest BCUT2D eigenvalue weighted by atomic mass is 16.5. The van der Waals surface area contributed by atoms with Gasteiger partial charge in [-0.05, 0) is 36.2 Å². The zero-order chi connectivity index (χ0) is 19.2. The zero-order valence-electron chi connectivity index (χ0n) is 16.0. The van der Waals surface area contributed by atoms with E-state index in [1.807, 2.05) is 54.3 Å². The molecule has 3 rings (SSSR count). The SMILES string of the molecule is CN=C(NCc1ccc(OC)c(C)c1)NC1CC(=O)N(c2ccccc2)C1. The first-order valence-electron chi connectivity index (χ1n) is 9.07. The van der Waals surface area contributed by atoms with E-state index in [1.54, 1.807) is 14.2 Å². The third kappa shape index (κ3) is 4.58. The Bertz CT molecular complexity index is 820. The van der Waals surface area contributed by atoms with Gasteiger partial charge in [-0.15, -0.1) is 0 Å². The van der Waals surface area contributed by atoms with E-state index in [2.05, 4.69) is 21.7 Å². The highest BCUT2D eigenvalue weighted by molar-refractivity contribution is 5.97. The summed E-state index contributed by atoms with van der Waals surface area (Å²) in [5, 5.41) is 6.67. The fourth-order valence-electron chi connectivity index (χ4n) is 3.29. The van der Waals surface area contributed by atoms with Gasteiger partial charge < -0.3 is 20.3 Å². The summed E-state index contributed by atoms with van der Waals surface area (Å²) >= 11 is 0. The van der Waals surface area contributed by atoms with Gasteiger partial charge in [0.15, 0.2) is 5.96 Å². The van der Waals surface area contributed by atoms with Gasteiger partial charge in [-0.2, -0.15) is 0 Å². The first-order valence-corrected chi connectivity index (χ1v) is 9.07. The number of para-hydroxylation sites is 1. The number of aliphatic imine (C=N–C) groups is 1. The number of guanidine groups is 1. The lowest BCUT2D eigenvalue weighted by Gasteiger charge is -2.19. The van der Waals surface area contributed by atoms with Crippen molar-refractivity contribution in [2.45, 2.75) is 25.9 Å². The molecule has 0 spiro atoms. The summed E-state index contributed by atoms with van der Waals surface area (Å²) in [5.41, 5.74) is 3.17. The van der Waals surface area contributed by atoms with Crippen molar-refractivity contribution >= 4 is 17.6 Å². The smallest absolute Gasteiger partial charge is 0.229 e. The maximum absolute atomic E-state index is 12.3. The van der Waals surface area contributed by atoms with E-state index in [4.69, 9.17) is 4.74 Å². The lowest BCUT2D eigenvalue weighted by atomic mass is 10.1. The van der Waals surface area contributed by atoms with Crippen molar-refractivity contribution in [3.05, 3.63) is 59.7 Å². The molecule has 1 unspecified atom stereocenters. The minimum Gasteiger partial charge on any atom is -0.496 e. The van der Waals surface area contributed by atoms with Crippen LogP contribution in [-0.2, 0) is 11.3 Å². The number of carbonyl (C=O) groups excluding carboxylic acids is 1. The molecular formula is C21H26N4O2. The van der Waals surface area contributed by atoms with Crippen molar-refractivity contribution in [2.75, 3.05) is 25.6 Å². The van der Waals surface area contributed by atoms with E-state index in [9.17, 15) is 4.79 Å². The molecule has 0 bridgehead atoms. The number of benzene rings is 2. The van der Waals surface area contributed by atoms with Crippen molar-refractivity contribution in [1.29, 1.82) is 0 Å². The maximum Gasteiger partial charge on any atom is 0.229 e. The molecule has 1 amide bonds. The van der Waals surface area contributed by atoms with Gasteiger partial charge in [0.2, 0.25) is 5.91 Å². The number of nitrogens with one attached hydrogen (secondary N) is 2. The van der Waals surface area contributed by atoms with Crippen LogP contribution in [0.5, 0.6) is 5.75 Å². The molecule has 142 valence electrons. The molecule has 6 nitrogen and oxygen atoms in total. The monoisotopic (exact) mass is 366 g/mol. The van der Waals surface area contributed by atoms with Crippen LogP contribution >= 0.6 is 0 Å². The highest BCUT2D eigenvalue weighted by Gasteiger charge is 2.30. The molecule has 27 heavy (non-hydrogen) atoms. The average Bonchev–Trinajstić information content (AvgIpc) is 3.06. The van der Waals surface area contributed by atoms with E-state index in [1.165, 1.54) is 0 Å². The molecule has 2 aromatic rings. The standard InChI is InChI=1S/C21H26N4O2/c1-15-11-16(9-10-19(15)27-3)13-23-21(22-2)24-17-12-20(26)25(14-17)18-7-5-4-6-8-18/h4-11,17H,12-14H2,1-3H3,(H2,22,23,24). The van der Waals surface area contributed by atoms with Crippen molar-refractivity contribution in [2.24, 2.45) is 4.99 Å². The van der Waals surface area contributed by atoms with Crippen LogP contribution in [0.1, 0.15) is 17.5 Å². The summed E-state index contributed by atoms with van der Waals surface area (Å²) in [6, 6.07) is 15.9. The molecule has 0 aliphatic carbocycles. The topological polar surface area (TPSA) is 66.0 Å². The molecule has 2 N–H and O–H groups in total. The van der Waals surface area contributed by atoms with Gasteiger partial charge in [0.05, 0.1) is 13.2 Å². The van der Waals surface area contributed by atoms with Crippen LogP contribution in [0.25, 0.3) is 0 Å². The van der Waals surface area contributed by atoms with Gasteiger partial charge in [0.1, 0.15) is 5.75 Å². The minimum absolute atomic E-state index is 0.0292. The van der Waals surface area contributed by atoms with Crippen molar-refractivity contribution in [3.8, 4) is 5.75 Å². The summed E-state index contributed by atoms with van der Waals surface area (Å²) < 4.78 is 5.30. The van der Waals surface area contributed by atoms with Gasteiger partial charge in [-0.25, -0.2) is 0 Å². The summed E-state index contributed by atoms with van der Waals surface area (Å²) in [5.74, 6) is 1.70. The fraction of sp³-hybridized carbons (Fsp3) is 0.333. The van der Waals surface area contributed by atoms with E-state index < -0.39 is 0 Å².